The molecule has 1 amide bonds. The molecular weight excluding hydrogens is 231 g/mol. The molecule has 1 rings (SSSR count). The Hall–Kier alpha value is -0.890. The van der Waals surface area contributed by atoms with Crippen molar-refractivity contribution < 1.29 is 18.0 Å². The topological polar surface area (TPSA) is 67.2 Å². The van der Waals surface area contributed by atoms with E-state index in [2.05, 4.69) is 10.6 Å². The molecule has 0 fully saturated rings. The first-order chi connectivity index (χ1) is 6.79. The van der Waals surface area contributed by atoms with E-state index in [1.165, 1.54) is 0 Å². The molecule has 1 heterocycles. The van der Waals surface area contributed by atoms with E-state index in [9.17, 15) is 18.0 Å². The van der Waals surface area contributed by atoms with Crippen molar-refractivity contribution in [3.8, 4) is 0 Å². The number of hydrogen-bond acceptors (Lipinski definition) is 4. The molecule has 4 N–H and O–H groups in total. The van der Waals surface area contributed by atoms with Gasteiger partial charge in [0.1, 0.15) is 4.91 Å². The number of carbonyl (C=O) groups is 1. The van der Waals surface area contributed by atoms with Crippen LogP contribution in [0, 0.1) is 0 Å². The van der Waals surface area contributed by atoms with Gasteiger partial charge < -0.3 is 10.6 Å². The standard InChI is InChI=1S/C7H10F3N3OS/c1-2-12-5(14)7(11)13-3-4(15-7)6(8,9)10/h3,13H,2,11H2,1H3,(H,12,14). The van der Waals surface area contributed by atoms with Gasteiger partial charge in [0.05, 0.1) is 0 Å². The van der Waals surface area contributed by atoms with Crippen LogP contribution in [-0.4, -0.2) is 23.6 Å². The molecule has 0 spiro atoms. The molecule has 0 aromatic carbocycles. The van der Waals surface area contributed by atoms with Crippen LogP contribution in [0.3, 0.4) is 0 Å². The van der Waals surface area contributed by atoms with Crippen molar-refractivity contribution in [1.82, 2.24) is 10.6 Å². The number of allylic oxidation sites excluding steroid dienone is 1. The fourth-order valence-electron chi connectivity index (χ4n) is 0.949. The van der Waals surface area contributed by atoms with Crippen LogP contribution in [-0.2, 0) is 4.79 Å². The van der Waals surface area contributed by atoms with Gasteiger partial charge in [-0.25, -0.2) is 0 Å². The van der Waals surface area contributed by atoms with Crippen LogP contribution in [0.15, 0.2) is 11.1 Å². The number of alkyl halides is 3. The molecule has 0 aliphatic carbocycles. The SMILES string of the molecule is CCNC(=O)C1(N)NC=C(C(F)(F)F)S1. The number of halogens is 3. The lowest BCUT2D eigenvalue weighted by Crippen LogP contribution is -2.57. The van der Waals surface area contributed by atoms with Gasteiger partial charge in [-0.2, -0.15) is 13.2 Å². The lowest BCUT2D eigenvalue weighted by Gasteiger charge is -2.22. The highest BCUT2D eigenvalue weighted by Crippen LogP contribution is 2.41. The number of thioether (sulfide) groups is 1. The van der Waals surface area contributed by atoms with E-state index in [0.717, 1.165) is 0 Å². The Bertz CT molecular complexity index is 304. The highest BCUT2D eigenvalue weighted by atomic mass is 32.2. The molecule has 0 bridgehead atoms. The second kappa shape index (κ2) is 3.93. The van der Waals surface area contributed by atoms with E-state index < -0.39 is 22.0 Å². The van der Waals surface area contributed by atoms with Crippen LogP contribution in [0.1, 0.15) is 6.92 Å². The van der Waals surface area contributed by atoms with E-state index in [-0.39, 0.29) is 11.8 Å². The van der Waals surface area contributed by atoms with Crippen LogP contribution in [0.4, 0.5) is 13.2 Å². The van der Waals surface area contributed by atoms with Crippen LogP contribution in [0.2, 0.25) is 0 Å². The summed E-state index contributed by atoms with van der Waals surface area (Å²) in [5, 5.41) is 4.57. The second-order valence-electron chi connectivity index (χ2n) is 2.85. The van der Waals surface area contributed by atoms with E-state index in [4.69, 9.17) is 5.73 Å². The molecular formula is C7H10F3N3OS. The molecule has 0 saturated carbocycles. The molecule has 1 aliphatic rings. The summed E-state index contributed by atoms with van der Waals surface area (Å²) in [7, 11) is 0. The summed E-state index contributed by atoms with van der Waals surface area (Å²) < 4.78 is 36.7. The first-order valence-electron chi connectivity index (χ1n) is 4.11. The zero-order chi connectivity index (χ0) is 11.7. The molecule has 1 atom stereocenters. The van der Waals surface area contributed by atoms with Gasteiger partial charge in [0, 0.05) is 12.7 Å². The first kappa shape index (κ1) is 12.2. The van der Waals surface area contributed by atoms with Gasteiger partial charge in [0.15, 0.2) is 0 Å². The van der Waals surface area contributed by atoms with Gasteiger partial charge in [0.2, 0.25) is 4.99 Å². The minimum Gasteiger partial charge on any atom is -0.356 e. The summed E-state index contributed by atoms with van der Waals surface area (Å²) in [5.41, 5.74) is 5.46. The fourth-order valence-corrected chi connectivity index (χ4v) is 1.81. The highest BCUT2D eigenvalue weighted by Gasteiger charge is 2.47. The summed E-state index contributed by atoms with van der Waals surface area (Å²) in [5.74, 6) is -0.675. The summed E-state index contributed by atoms with van der Waals surface area (Å²) in [6.45, 7) is 1.96. The maximum atomic E-state index is 12.2. The maximum absolute atomic E-state index is 12.2. The smallest absolute Gasteiger partial charge is 0.356 e. The minimum atomic E-state index is -4.48. The summed E-state index contributed by atoms with van der Waals surface area (Å²) >= 11 is 0.259. The van der Waals surface area contributed by atoms with Crippen molar-refractivity contribution in [1.29, 1.82) is 0 Å². The largest absolute Gasteiger partial charge is 0.423 e. The molecule has 0 radical (unpaired) electrons. The molecule has 0 aromatic rings. The second-order valence-corrected chi connectivity index (χ2v) is 4.14. The molecule has 86 valence electrons. The Kier molecular flexibility index (Phi) is 3.19. The van der Waals surface area contributed by atoms with Crippen molar-refractivity contribution in [2.45, 2.75) is 18.1 Å². The maximum Gasteiger partial charge on any atom is 0.423 e. The van der Waals surface area contributed by atoms with Crippen molar-refractivity contribution in [2.24, 2.45) is 5.73 Å². The Morgan fingerprint density at radius 2 is 2.33 bits per heavy atom. The van der Waals surface area contributed by atoms with Gasteiger partial charge >= 0.3 is 6.18 Å². The molecule has 15 heavy (non-hydrogen) atoms. The Labute approximate surface area is 88.5 Å². The molecule has 0 saturated heterocycles. The number of hydrogen-bond donors (Lipinski definition) is 3. The third-order valence-electron chi connectivity index (χ3n) is 1.64. The fraction of sp³-hybridized carbons (Fsp3) is 0.571. The average molecular weight is 241 g/mol. The van der Waals surface area contributed by atoms with Gasteiger partial charge in [-0.15, -0.1) is 0 Å². The summed E-state index contributed by atoms with van der Waals surface area (Å²) in [4.78, 5) is 8.65. The van der Waals surface area contributed by atoms with Crippen LogP contribution in [0.5, 0.6) is 0 Å². The third kappa shape index (κ3) is 2.57. The molecule has 4 nitrogen and oxygen atoms in total. The average Bonchev–Trinajstić information content (AvgIpc) is 2.49. The predicted octanol–water partition coefficient (Wildman–Crippen LogP) is 0.475. The monoisotopic (exact) mass is 241 g/mol. The van der Waals surface area contributed by atoms with E-state index in [1.807, 2.05) is 0 Å². The molecule has 8 heteroatoms. The Balaban J connectivity index is 2.70. The van der Waals surface area contributed by atoms with Crippen molar-refractivity contribution >= 4 is 17.7 Å². The predicted molar refractivity (Wildman–Crippen MR) is 50.5 cm³/mol. The van der Waals surface area contributed by atoms with Crippen LogP contribution < -0.4 is 16.4 Å². The number of rotatable bonds is 2. The zero-order valence-corrected chi connectivity index (χ0v) is 8.63. The summed E-state index contributed by atoms with van der Waals surface area (Å²) in [6.07, 6.45) is -3.77. The van der Waals surface area contributed by atoms with Gasteiger partial charge in [-0.1, -0.05) is 11.8 Å². The zero-order valence-electron chi connectivity index (χ0n) is 7.81. The van der Waals surface area contributed by atoms with E-state index in [0.29, 0.717) is 12.7 Å². The van der Waals surface area contributed by atoms with Gasteiger partial charge in [0.25, 0.3) is 5.91 Å². The highest BCUT2D eigenvalue weighted by molar-refractivity contribution is 8.05. The first-order valence-corrected chi connectivity index (χ1v) is 4.92. The van der Waals surface area contributed by atoms with Crippen LogP contribution >= 0.6 is 11.8 Å². The van der Waals surface area contributed by atoms with E-state index >= 15 is 0 Å². The third-order valence-corrected chi connectivity index (χ3v) is 2.84. The van der Waals surface area contributed by atoms with Crippen LogP contribution in [0.25, 0.3) is 0 Å². The number of likely N-dealkylation sites (N-methyl/N-ethyl adjacent to an activating group) is 1. The normalized spacial score (nSPS) is 25.8. The number of nitrogens with one attached hydrogen (secondary N) is 2. The van der Waals surface area contributed by atoms with E-state index in [1.54, 1.807) is 6.92 Å². The lowest BCUT2D eigenvalue weighted by molar-refractivity contribution is -0.123. The lowest BCUT2D eigenvalue weighted by atomic mass is 10.4. The number of nitrogens with two attached hydrogens (primary N) is 1. The quantitative estimate of drug-likeness (QED) is 0.657. The molecule has 1 unspecified atom stereocenters. The number of carbonyl (C=O) groups excluding carboxylic acids is 1. The van der Waals surface area contributed by atoms with Crippen molar-refractivity contribution in [3.63, 3.8) is 0 Å². The molecule has 0 aromatic heterocycles. The molecule has 1 aliphatic heterocycles. The Morgan fingerprint density at radius 1 is 1.73 bits per heavy atom. The Morgan fingerprint density at radius 3 is 2.73 bits per heavy atom. The van der Waals surface area contributed by atoms with Gasteiger partial charge in [-0.05, 0) is 6.92 Å². The van der Waals surface area contributed by atoms with Gasteiger partial charge in [-0.3, -0.25) is 10.5 Å². The van der Waals surface area contributed by atoms with Crippen molar-refractivity contribution in [2.75, 3.05) is 6.54 Å². The minimum absolute atomic E-state index is 0.259. The summed E-state index contributed by atoms with van der Waals surface area (Å²) in [6, 6.07) is 0. The van der Waals surface area contributed by atoms with Crippen molar-refractivity contribution in [3.05, 3.63) is 11.1 Å². The number of amides is 1.